The maximum atomic E-state index is 13.1. The quantitative estimate of drug-likeness (QED) is 0.689. The van der Waals surface area contributed by atoms with Crippen LogP contribution >= 0.6 is 0 Å². The monoisotopic (exact) mass is 382 g/mol. The number of ether oxygens (including phenoxy) is 1. The predicted octanol–water partition coefficient (Wildman–Crippen LogP) is 1.92. The van der Waals surface area contributed by atoms with Crippen molar-refractivity contribution in [1.29, 1.82) is 0 Å². The molecule has 0 N–H and O–H groups in total. The summed E-state index contributed by atoms with van der Waals surface area (Å²) in [5.41, 5.74) is 1.10. The highest BCUT2D eigenvalue weighted by molar-refractivity contribution is 5.77. The lowest BCUT2D eigenvalue weighted by Gasteiger charge is -2.33. The van der Waals surface area contributed by atoms with Gasteiger partial charge in [-0.2, -0.15) is 0 Å². The molecule has 1 atom stereocenters. The van der Waals surface area contributed by atoms with Gasteiger partial charge in [-0.15, -0.1) is 5.10 Å². The van der Waals surface area contributed by atoms with E-state index in [9.17, 15) is 14.0 Å². The Balaban J connectivity index is 1.41. The highest BCUT2D eigenvalue weighted by Gasteiger charge is 2.25. The van der Waals surface area contributed by atoms with Crippen molar-refractivity contribution in [3.8, 4) is 0 Å². The van der Waals surface area contributed by atoms with Gasteiger partial charge in [0.05, 0.1) is 25.1 Å². The molecule has 144 valence electrons. The van der Waals surface area contributed by atoms with Crippen LogP contribution in [0.1, 0.15) is 18.1 Å². The molecule has 8 heteroatoms. The second-order valence-corrected chi connectivity index (χ2v) is 6.64. The first-order valence-corrected chi connectivity index (χ1v) is 9.09. The van der Waals surface area contributed by atoms with Crippen molar-refractivity contribution >= 4 is 16.8 Å². The molecule has 0 bridgehead atoms. The van der Waals surface area contributed by atoms with E-state index in [0.717, 1.165) is 5.56 Å². The average molecular weight is 382 g/mol. The van der Waals surface area contributed by atoms with Gasteiger partial charge in [-0.05, 0) is 29.8 Å². The van der Waals surface area contributed by atoms with E-state index >= 15 is 0 Å². The van der Waals surface area contributed by atoms with Gasteiger partial charge in [0.25, 0.3) is 5.56 Å². The second-order valence-electron chi connectivity index (χ2n) is 6.64. The third-order valence-electron chi connectivity index (χ3n) is 4.83. The van der Waals surface area contributed by atoms with Gasteiger partial charge >= 0.3 is 0 Å². The fraction of sp³-hybridized carbons (Fsp3) is 0.300. The van der Waals surface area contributed by atoms with Gasteiger partial charge in [0.15, 0.2) is 0 Å². The van der Waals surface area contributed by atoms with Gasteiger partial charge in [0.2, 0.25) is 5.91 Å². The molecule has 1 unspecified atom stereocenters. The van der Waals surface area contributed by atoms with Crippen LogP contribution in [0.2, 0.25) is 0 Å². The van der Waals surface area contributed by atoms with E-state index in [1.165, 1.54) is 16.8 Å². The van der Waals surface area contributed by atoms with Crippen molar-refractivity contribution in [3.63, 3.8) is 0 Å². The summed E-state index contributed by atoms with van der Waals surface area (Å²) in [6.07, 6.45) is -0.148. The fourth-order valence-corrected chi connectivity index (χ4v) is 3.28. The maximum absolute atomic E-state index is 13.1. The Morgan fingerprint density at radius 3 is 2.79 bits per heavy atom. The van der Waals surface area contributed by atoms with Crippen molar-refractivity contribution in [2.75, 3.05) is 19.7 Å². The number of carbonyl (C=O) groups is 1. The molecule has 0 radical (unpaired) electrons. The fourth-order valence-electron chi connectivity index (χ4n) is 3.28. The molecule has 4 rings (SSSR count). The lowest BCUT2D eigenvalue weighted by Crippen LogP contribution is -2.42. The molecular weight excluding hydrogens is 363 g/mol. The third kappa shape index (κ3) is 3.77. The Morgan fingerprint density at radius 1 is 1.18 bits per heavy atom. The Labute approximate surface area is 160 Å². The van der Waals surface area contributed by atoms with Crippen molar-refractivity contribution in [2.24, 2.45) is 0 Å². The summed E-state index contributed by atoms with van der Waals surface area (Å²) in [7, 11) is 0. The minimum atomic E-state index is -0.311. The number of halogens is 1. The zero-order valence-electron chi connectivity index (χ0n) is 15.1. The number of fused-ring (bicyclic) bond motifs is 1. The van der Waals surface area contributed by atoms with Crippen LogP contribution in [0.4, 0.5) is 4.39 Å². The first-order valence-electron chi connectivity index (χ1n) is 9.09. The average Bonchev–Trinajstić information content (AvgIpc) is 2.74. The van der Waals surface area contributed by atoms with Crippen LogP contribution in [-0.4, -0.2) is 45.5 Å². The predicted molar refractivity (Wildman–Crippen MR) is 100 cm³/mol. The Hall–Kier alpha value is -3.13. The molecule has 28 heavy (non-hydrogen) atoms. The molecule has 1 aromatic heterocycles. The smallest absolute Gasteiger partial charge is 0.277 e. The van der Waals surface area contributed by atoms with E-state index in [1.807, 2.05) is 0 Å². The number of benzene rings is 2. The molecule has 1 aliphatic heterocycles. The maximum Gasteiger partial charge on any atom is 0.277 e. The van der Waals surface area contributed by atoms with Crippen molar-refractivity contribution in [2.45, 2.75) is 19.1 Å². The van der Waals surface area contributed by atoms with E-state index in [-0.39, 0.29) is 36.4 Å². The Kier molecular flexibility index (Phi) is 5.12. The Morgan fingerprint density at radius 2 is 1.96 bits per heavy atom. The number of hydrogen-bond acceptors (Lipinski definition) is 5. The SMILES string of the molecule is O=C(CCn1nnc2ccccc2c1=O)N1CCOC(c2ccc(F)cc2)C1. The van der Waals surface area contributed by atoms with E-state index < -0.39 is 0 Å². The van der Waals surface area contributed by atoms with Gasteiger partial charge in [-0.1, -0.05) is 29.5 Å². The van der Waals surface area contributed by atoms with Crippen LogP contribution in [0.15, 0.2) is 53.3 Å². The molecule has 1 fully saturated rings. The van der Waals surface area contributed by atoms with Crippen LogP contribution < -0.4 is 5.56 Å². The van der Waals surface area contributed by atoms with E-state index in [1.54, 1.807) is 41.3 Å². The number of aryl methyl sites for hydroxylation is 1. The number of nitrogens with zero attached hydrogens (tertiary/aromatic N) is 4. The molecule has 1 saturated heterocycles. The van der Waals surface area contributed by atoms with Gasteiger partial charge < -0.3 is 9.64 Å². The number of carbonyl (C=O) groups excluding carboxylic acids is 1. The van der Waals surface area contributed by atoms with Gasteiger partial charge in [0.1, 0.15) is 17.4 Å². The highest BCUT2D eigenvalue weighted by Crippen LogP contribution is 2.22. The normalized spacial score (nSPS) is 17.0. The first kappa shape index (κ1) is 18.2. The molecular formula is C20H19FN4O3. The zero-order chi connectivity index (χ0) is 19.5. The van der Waals surface area contributed by atoms with Crippen LogP contribution in [0.5, 0.6) is 0 Å². The number of hydrogen-bond donors (Lipinski definition) is 0. The largest absolute Gasteiger partial charge is 0.370 e. The zero-order valence-corrected chi connectivity index (χ0v) is 15.1. The van der Waals surface area contributed by atoms with Crippen LogP contribution in [0.3, 0.4) is 0 Å². The molecule has 0 spiro atoms. The summed E-state index contributed by atoms with van der Waals surface area (Å²) in [5.74, 6) is -0.397. The van der Waals surface area contributed by atoms with Crippen LogP contribution in [0.25, 0.3) is 10.9 Å². The molecule has 3 aromatic rings. The third-order valence-corrected chi connectivity index (χ3v) is 4.83. The summed E-state index contributed by atoms with van der Waals surface area (Å²) in [5, 5.41) is 8.43. The Bertz CT molecular complexity index is 1050. The number of morpholine rings is 1. The minimum absolute atomic E-state index is 0.0859. The summed E-state index contributed by atoms with van der Waals surface area (Å²) < 4.78 is 20.0. The standard InChI is InChI=1S/C20H19FN4O3/c21-15-7-5-14(6-8-15)18-13-24(11-12-28-18)19(26)9-10-25-20(27)16-3-1-2-4-17(16)22-23-25/h1-8,18H,9-13H2. The topological polar surface area (TPSA) is 77.3 Å². The van der Waals surface area contributed by atoms with E-state index in [4.69, 9.17) is 4.74 Å². The van der Waals surface area contributed by atoms with E-state index in [0.29, 0.717) is 30.6 Å². The van der Waals surface area contributed by atoms with Gasteiger partial charge in [-0.25, -0.2) is 9.07 Å². The minimum Gasteiger partial charge on any atom is -0.370 e. The molecule has 1 aliphatic rings. The van der Waals surface area contributed by atoms with Crippen LogP contribution in [-0.2, 0) is 16.1 Å². The van der Waals surface area contributed by atoms with Crippen LogP contribution in [0, 0.1) is 5.82 Å². The van der Waals surface area contributed by atoms with Gasteiger partial charge in [0, 0.05) is 13.0 Å². The molecule has 2 heterocycles. The van der Waals surface area contributed by atoms with Gasteiger partial charge in [-0.3, -0.25) is 9.59 Å². The molecule has 0 saturated carbocycles. The lowest BCUT2D eigenvalue weighted by atomic mass is 10.1. The van der Waals surface area contributed by atoms with Crippen molar-refractivity contribution in [3.05, 3.63) is 70.3 Å². The second kappa shape index (κ2) is 7.85. The molecule has 7 nitrogen and oxygen atoms in total. The van der Waals surface area contributed by atoms with E-state index in [2.05, 4.69) is 10.3 Å². The molecule has 0 aliphatic carbocycles. The molecule has 1 amide bonds. The number of rotatable bonds is 4. The number of aromatic nitrogens is 3. The lowest BCUT2D eigenvalue weighted by molar-refractivity contribution is -0.139. The summed E-state index contributed by atoms with van der Waals surface area (Å²) in [6, 6.07) is 13.1. The molecule has 2 aromatic carbocycles. The summed E-state index contributed by atoms with van der Waals surface area (Å²) in [4.78, 5) is 26.8. The highest BCUT2D eigenvalue weighted by atomic mass is 19.1. The number of amides is 1. The summed E-state index contributed by atoms with van der Waals surface area (Å²) >= 11 is 0. The van der Waals surface area contributed by atoms with Crippen molar-refractivity contribution in [1.82, 2.24) is 19.9 Å². The summed E-state index contributed by atoms with van der Waals surface area (Å²) in [6.45, 7) is 1.44. The first-order chi connectivity index (χ1) is 13.6. The van der Waals surface area contributed by atoms with Crippen molar-refractivity contribution < 1.29 is 13.9 Å².